The number of carbonyl (C=O) groups is 1. The molecule has 37 heavy (non-hydrogen) atoms. The van der Waals surface area contributed by atoms with Crippen molar-refractivity contribution in [1.29, 1.82) is 0 Å². The summed E-state index contributed by atoms with van der Waals surface area (Å²) in [5.41, 5.74) is 2.99. The number of aromatic nitrogens is 1. The van der Waals surface area contributed by atoms with Gasteiger partial charge >= 0.3 is 5.97 Å². The molecule has 192 valence electrons. The van der Waals surface area contributed by atoms with E-state index in [1.807, 2.05) is 68.4 Å². The largest absolute Gasteiger partial charge is 0.493 e. The Bertz CT molecular complexity index is 1280. The molecule has 1 atom stereocenters. The Labute approximate surface area is 216 Å². The number of aromatic carboxylic acids is 1. The molecule has 0 fully saturated rings. The first-order valence-electron chi connectivity index (χ1n) is 12.4. The van der Waals surface area contributed by atoms with Crippen LogP contribution < -0.4 is 9.47 Å². The molecule has 1 aromatic heterocycles. The quantitative estimate of drug-likeness (QED) is 0.223. The SMILES string of the molecule is CCOC(CCOc1ccccc1C(=O)O)c1ccc(OCCc2nc(-c3ccccc3)oc2C)cc1. The molecule has 1 unspecified atom stereocenters. The molecule has 4 rings (SSSR count). The minimum absolute atomic E-state index is 0.147. The molecule has 0 spiro atoms. The summed E-state index contributed by atoms with van der Waals surface area (Å²) in [5, 5.41) is 9.33. The summed E-state index contributed by atoms with van der Waals surface area (Å²) in [7, 11) is 0. The Morgan fingerprint density at radius 2 is 1.68 bits per heavy atom. The van der Waals surface area contributed by atoms with Crippen LogP contribution in [0, 0.1) is 6.92 Å². The number of benzene rings is 3. The van der Waals surface area contributed by atoms with Crippen molar-refractivity contribution in [3.63, 3.8) is 0 Å². The fraction of sp³-hybridized carbons (Fsp3) is 0.267. The van der Waals surface area contributed by atoms with Crippen LogP contribution in [-0.2, 0) is 11.2 Å². The Morgan fingerprint density at radius 3 is 2.41 bits per heavy atom. The van der Waals surface area contributed by atoms with Gasteiger partial charge in [0, 0.05) is 25.0 Å². The molecular formula is C30H31NO6. The van der Waals surface area contributed by atoms with Crippen LogP contribution in [0.15, 0.2) is 83.3 Å². The zero-order valence-corrected chi connectivity index (χ0v) is 21.1. The van der Waals surface area contributed by atoms with Crippen molar-refractivity contribution in [2.75, 3.05) is 19.8 Å². The fourth-order valence-corrected chi connectivity index (χ4v) is 4.00. The number of hydrogen-bond acceptors (Lipinski definition) is 6. The zero-order valence-electron chi connectivity index (χ0n) is 21.1. The van der Waals surface area contributed by atoms with Crippen molar-refractivity contribution >= 4 is 5.97 Å². The van der Waals surface area contributed by atoms with Crippen LogP contribution in [0.3, 0.4) is 0 Å². The van der Waals surface area contributed by atoms with Gasteiger partial charge in [-0.05, 0) is 55.8 Å². The van der Waals surface area contributed by atoms with Crippen molar-refractivity contribution in [3.05, 3.63) is 101 Å². The average Bonchev–Trinajstić information content (AvgIpc) is 3.29. The molecule has 7 heteroatoms. The Kier molecular flexibility index (Phi) is 8.94. The smallest absolute Gasteiger partial charge is 0.339 e. The van der Waals surface area contributed by atoms with Gasteiger partial charge in [-0.25, -0.2) is 9.78 Å². The van der Waals surface area contributed by atoms with E-state index < -0.39 is 5.97 Å². The second-order valence-electron chi connectivity index (χ2n) is 8.44. The highest BCUT2D eigenvalue weighted by Crippen LogP contribution is 2.26. The third kappa shape index (κ3) is 6.98. The zero-order chi connectivity index (χ0) is 26.0. The summed E-state index contributed by atoms with van der Waals surface area (Å²) in [6.45, 7) is 5.22. The Morgan fingerprint density at radius 1 is 0.946 bits per heavy atom. The third-order valence-corrected chi connectivity index (χ3v) is 5.90. The second-order valence-corrected chi connectivity index (χ2v) is 8.44. The lowest BCUT2D eigenvalue weighted by atomic mass is 10.1. The van der Waals surface area contributed by atoms with Crippen molar-refractivity contribution in [1.82, 2.24) is 4.98 Å². The van der Waals surface area contributed by atoms with E-state index in [1.54, 1.807) is 18.2 Å². The van der Waals surface area contributed by atoms with Gasteiger partial charge in [0.25, 0.3) is 0 Å². The monoisotopic (exact) mass is 501 g/mol. The van der Waals surface area contributed by atoms with Crippen molar-refractivity contribution in [2.24, 2.45) is 0 Å². The number of oxazole rings is 1. The van der Waals surface area contributed by atoms with E-state index in [-0.39, 0.29) is 11.7 Å². The highest BCUT2D eigenvalue weighted by atomic mass is 16.5. The van der Waals surface area contributed by atoms with Crippen LogP contribution in [0.1, 0.15) is 46.8 Å². The first kappa shape index (κ1) is 26.0. The first-order valence-corrected chi connectivity index (χ1v) is 12.4. The van der Waals surface area contributed by atoms with Crippen molar-refractivity contribution in [2.45, 2.75) is 32.8 Å². The van der Waals surface area contributed by atoms with Crippen LogP contribution in [0.2, 0.25) is 0 Å². The first-order chi connectivity index (χ1) is 18.0. The molecule has 1 N–H and O–H groups in total. The van der Waals surface area contributed by atoms with Gasteiger partial charge in [0.05, 0.1) is 25.0 Å². The molecular weight excluding hydrogens is 470 g/mol. The van der Waals surface area contributed by atoms with Gasteiger partial charge in [-0.3, -0.25) is 0 Å². The van der Waals surface area contributed by atoms with E-state index in [4.69, 9.17) is 18.6 Å². The van der Waals surface area contributed by atoms with Crippen LogP contribution in [0.4, 0.5) is 0 Å². The molecule has 0 aliphatic heterocycles. The van der Waals surface area contributed by atoms with Gasteiger partial charge in [0.15, 0.2) is 0 Å². The topological polar surface area (TPSA) is 91.0 Å². The Balaban J connectivity index is 1.30. The number of para-hydroxylation sites is 1. The van der Waals surface area contributed by atoms with Gasteiger partial charge in [0.1, 0.15) is 22.8 Å². The van der Waals surface area contributed by atoms with E-state index in [2.05, 4.69) is 4.98 Å². The summed E-state index contributed by atoms with van der Waals surface area (Å²) in [5.74, 6) is 1.52. The molecule has 7 nitrogen and oxygen atoms in total. The molecule has 0 saturated carbocycles. The molecule has 0 saturated heterocycles. The van der Waals surface area contributed by atoms with Gasteiger partial charge in [-0.1, -0.05) is 42.5 Å². The molecule has 0 amide bonds. The summed E-state index contributed by atoms with van der Waals surface area (Å²) in [4.78, 5) is 16.0. The Hall–Kier alpha value is -4.10. The summed E-state index contributed by atoms with van der Waals surface area (Å²) < 4.78 is 23.4. The van der Waals surface area contributed by atoms with Gasteiger partial charge in [-0.15, -0.1) is 0 Å². The maximum absolute atomic E-state index is 11.4. The number of hydrogen-bond donors (Lipinski definition) is 1. The summed E-state index contributed by atoms with van der Waals surface area (Å²) in [6.07, 6.45) is 1.04. The van der Waals surface area contributed by atoms with E-state index in [0.29, 0.717) is 44.3 Å². The second kappa shape index (κ2) is 12.7. The molecule has 1 heterocycles. The van der Waals surface area contributed by atoms with Crippen LogP contribution in [0.5, 0.6) is 11.5 Å². The average molecular weight is 502 g/mol. The minimum atomic E-state index is -1.01. The maximum Gasteiger partial charge on any atom is 0.339 e. The molecule has 0 aliphatic rings. The lowest BCUT2D eigenvalue weighted by molar-refractivity contribution is 0.0455. The number of nitrogens with zero attached hydrogens (tertiary/aromatic N) is 1. The van der Waals surface area contributed by atoms with Crippen LogP contribution in [0.25, 0.3) is 11.5 Å². The minimum Gasteiger partial charge on any atom is -0.493 e. The van der Waals surface area contributed by atoms with E-state index in [1.165, 1.54) is 6.07 Å². The highest BCUT2D eigenvalue weighted by molar-refractivity contribution is 5.90. The highest BCUT2D eigenvalue weighted by Gasteiger charge is 2.15. The molecule has 0 bridgehead atoms. The molecule has 3 aromatic carbocycles. The van der Waals surface area contributed by atoms with Crippen LogP contribution >= 0.6 is 0 Å². The van der Waals surface area contributed by atoms with E-state index >= 15 is 0 Å². The van der Waals surface area contributed by atoms with Crippen LogP contribution in [-0.4, -0.2) is 35.9 Å². The predicted octanol–water partition coefficient (Wildman–Crippen LogP) is 6.52. The number of carboxylic acid groups (broad SMARTS) is 1. The van der Waals surface area contributed by atoms with Crippen molar-refractivity contribution in [3.8, 4) is 23.0 Å². The maximum atomic E-state index is 11.4. The standard InChI is InChI=1S/C30H31NO6/c1-3-34-27(18-20-36-28-12-8-7-11-25(28)30(32)33)22-13-15-24(16-14-22)35-19-17-26-21(2)37-29(31-26)23-9-5-4-6-10-23/h4-16,27H,3,17-20H2,1-2H3,(H,32,33). The lowest BCUT2D eigenvalue weighted by Gasteiger charge is -2.18. The predicted molar refractivity (Wildman–Crippen MR) is 140 cm³/mol. The van der Waals surface area contributed by atoms with Gasteiger partial charge in [-0.2, -0.15) is 0 Å². The third-order valence-electron chi connectivity index (χ3n) is 5.90. The normalized spacial score (nSPS) is 11.7. The number of carboxylic acids is 1. The van der Waals surface area contributed by atoms with Gasteiger partial charge < -0.3 is 23.7 Å². The lowest BCUT2D eigenvalue weighted by Crippen LogP contribution is -2.11. The molecule has 0 radical (unpaired) electrons. The van der Waals surface area contributed by atoms with E-state index in [0.717, 1.165) is 28.3 Å². The summed E-state index contributed by atoms with van der Waals surface area (Å²) in [6, 6.07) is 24.3. The molecule has 4 aromatic rings. The number of ether oxygens (including phenoxy) is 3. The summed E-state index contributed by atoms with van der Waals surface area (Å²) >= 11 is 0. The van der Waals surface area contributed by atoms with Crippen molar-refractivity contribution < 1.29 is 28.5 Å². The van der Waals surface area contributed by atoms with E-state index in [9.17, 15) is 9.90 Å². The number of rotatable bonds is 13. The fourth-order valence-electron chi connectivity index (χ4n) is 4.00. The molecule has 0 aliphatic carbocycles. The van der Waals surface area contributed by atoms with Gasteiger partial charge in [0.2, 0.25) is 5.89 Å². The number of aryl methyl sites for hydroxylation is 1.